The van der Waals surface area contributed by atoms with E-state index in [9.17, 15) is 4.79 Å². The van der Waals surface area contributed by atoms with Crippen molar-refractivity contribution >= 4 is 29.0 Å². The molecule has 0 aromatic carbocycles. The zero-order valence-corrected chi connectivity index (χ0v) is 15.0. The maximum Gasteiger partial charge on any atom is 0.253 e. The van der Waals surface area contributed by atoms with Crippen molar-refractivity contribution < 1.29 is 4.79 Å². The average Bonchev–Trinajstić information content (AvgIpc) is 2.95. The SMILES string of the molecule is CN(CCc1nccs1)C(=O)c1ccnc(SC(C)(C)C)c1. The first kappa shape index (κ1) is 17.0. The number of rotatable bonds is 5. The lowest BCUT2D eigenvalue weighted by Gasteiger charge is -2.19. The van der Waals surface area contributed by atoms with Crippen LogP contribution in [0.15, 0.2) is 34.9 Å². The van der Waals surface area contributed by atoms with Gasteiger partial charge in [-0.2, -0.15) is 0 Å². The highest BCUT2D eigenvalue weighted by Gasteiger charge is 2.16. The van der Waals surface area contributed by atoms with E-state index < -0.39 is 0 Å². The minimum absolute atomic E-state index is 0.0229. The minimum atomic E-state index is 0.0229. The molecule has 0 spiro atoms. The van der Waals surface area contributed by atoms with Gasteiger partial charge in [-0.3, -0.25) is 4.79 Å². The maximum atomic E-state index is 12.5. The Balaban J connectivity index is 2.00. The Morgan fingerprint density at radius 1 is 1.32 bits per heavy atom. The van der Waals surface area contributed by atoms with Crippen LogP contribution in [0.3, 0.4) is 0 Å². The highest BCUT2D eigenvalue weighted by molar-refractivity contribution is 8.00. The summed E-state index contributed by atoms with van der Waals surface area (Å²) in [5.74, 6) is 0.0229. The number of thiazole rings is 1. The Morgan fingerprint density at radius 2 is 2.09 bits per heavy atom. The highest BCUT2D eigenvalue weighted by atomic mass is 32.2. The van der Waals surface area contributed by atoms with Crippen LogP contribution in [-0.2, 0) is 6.42 Å². The molecule has 4 nitrogen and oxygen atoms in total. The van der Waals surface area contributed by atoms with Crippen LogP contribution < -0.4 is 0 Å². The standard InChI is InChI=1S/C16H21N3OS2/c1-16(2,3)22-14-11-12(5-7-17-14)15(20)19(4)9-6-13-18-8-10-21-13/h5,7-8,10-11H,6,9H2,1-4H3. The molecule has 0 aliphatic rings. The fraction of sp³-hybridized carbons (Fsp3) is 0.438. The van der Waals surface area contributed by atoms with Crippen molar-refractivity contribution in [3.8, 4) is 0 Å². The first-order valence-corrected chi connectivity index (χ1v) is 8.84. The topological polar surface area (TPSA) is 46.1 Å². The summed E-state index contributed by atoms with van der Waals surface area (Å²) in [7, 11) is 1.83. The van der Waals surface area contributed by atoms with E-state index in [1.165, 1.54) is 0 Å². The van der Waals surface area contributed by atoms with Crippen molar-refractivity contribution in [2.75, 3.05) is 13.6 Å². The van der Waals surface area contributed by atoms with Crippen molar-refractivity contribution in [3.63, 3.8) is 0 Å². The van der Waals surface area contributed by atoms with Crippen molar-refractivity contribution in [3.05, 3.63) is 40.5 Å². The molecule has 2 aromatic rings. The molecule has 0 aliphatic carbocycles. The van der Waals surface area contributed by atoms with E-state index in [1.807, 2.05) is 18.5 Å². The van der Waals surface area contributed by atoms with Gasteiger partial charge in [-0.1, -0.05) is 20.8 Å². The Hall–Kier alpha value is -1.40. The van der Waals surface area contributed by atoms with Gasteiger partial charge < -0.3 is 4.90 Å². The van der Waals surface area contributed by atoms with E-state index >= 15 is 0 Å². The summed E-state index contributed by atoms with van der Waals surface area (Å²) in [6.07, 6.45) is 4.28. The molecule has 0 N–H and O–H groups in total. The number of nitrogens with zero attached hydrogens (tertiary/aromatic N) is 3. The molecule has 1 amide bonds. The lowest BCUT2D eigenvalue weighted by molar-refractivity contribution is 0.0796. The molecule has 2 rings (SSSR count). The average molecular weight is 335 g/mol. The number of amides is 1. The van der Waals surface area contributed by atoms with E-state index in [2.05, 4.69) is 30.7 Å². The number of pyridine rings is 1. The molecule has 2 aromatic heterocycles. The fourth-order valence-corrected chi connectivity index (χ4v) is 3.41. The Labute approximate surface area is 140 Å². The third kappa shape index (κ3) is 5.10. The van der Waals surface area contributed by atoms with Crippen molar-refractivity contribution in [1.82, 2.24) is 14.9 Å². The molecule has 22 heavy (non-hydrogen) atoms. The van der Waals surface area contributed by atoms with Crippen LogP contribution in [0, 0.1) is 0 Å². The second-order valence-corrected chi connectivity index (χ2v) is 8.83. The molecule has 0 aliphatic heterocycles. The molecular formula is C16H21N3OS2. The van der Waals surface area contributed by atoms with Gasteiger partial charge in [-0.15, -0.1) is 23.1 Å². The van der Waals surface area contributed by atoms with Gasteiger partial charge in [0.2, 0.25) is 0 Å². The molecule has 0 saturated carbocycles. The van der Waals surface area contributed by atoms with Crippen LogP contribution in [0.2, 0.25) is 0 Å². The third-order valence-electron chi connectivity index (χ3n) is 2.88. The van der Waals surface area contributed by atoms with Gasteiger partial charge in [0.15, 0.2) is 0 Å². The number of hydrogen-bond acceptors (Lipinski definition) is 5. The molecule has 0 radical (unpaired) electrons. The number of thioether (sulfide) groups is 1. The second kappa shape index (κ2) is 7.24. The van der Waals surface area contributed by atoms with Gasteiger partial charge >= 0.3 is 0 Å². The third-order valence-corrected chi connectivity index (χ3v) is 4.77. The van der Waals surface area contributed by atoms with Crippen LogP contribution in [0.5, 0.6) is 0 Å². The predicted octanol–water partition coefficient (Wildman–Crippen LogP) is 3.74. The molecular weight excluding hydrogens is 314 g/mol. The Bertz CT molecular complexity index is 621. The summed E-state index contributed by atoms with van der Waals surface area (Å²) in [6, 6.07) is 3.65. The molecule has 118 valence electrons. The molecule has 2 heterocycles. The van der Waals surface area contributed by atoms with E-state index in [-0.39, 0.29) is 10.7 Å². The van der Waals surface area contributed by atoms with Crippen LogP contribution in [0.4, 0.5) is 0 Å². The van der Waals surface area contributed by atoms with E-state index in [0.29, 0.717) is 12.1 Å². The quantitative estimate of drug-likeness (QED) is 0.781. The number of hydrogen-bond donors (Lipinski definition) is 0. The highest BCUT2D eigenvalue weighted by Crippen LogP contribution is 2.30. The number of aromatic nitrogens is 2. The monoisotopic (exact) mass is 335 g/mol. The number of carbonyl (C=O) groups excluding carboxylic acids is 1. The number of carbonyl (C=O) groups is 1. The van der Waals surface area contributed by atoms with Gasteiger partial charge in [-0.05, 0) is 12.1 Å². The summed E-state index contributed by atoms with van der Waals surface area (Å²) in [5, 5.41) is 3.89. The van der Waals surface area contributed by atoms with Gasteiger partial charge in [0, 0.05) is 48.1 Å². The van der Waals surface area contributed by atoms with E-state index in [0.717, 1.165) is 16.5 Å². The smallest absolute Gasteiger partial charge is 0.253 e. The minimum Gasteiger partial charge on any atom is -0.341 e. The summed E-state index contributed by atoms with van der Waals surface area (Å²) in [6.45, 7) is 7.06. The second-order valence-electron chi connectivity index (χ2n) is 6.00. The number of likely N-dealkylation sites (N-methyl/N-ethyl adjacent to an activating group) is 1. The molecule has 0 fully saturated rings. The summed E-state index contributed by atoms with van der Waals surface area (Å²) in [5.41, 5.74) is 0.684. The normalized spacial score (nSPS) is 11.5. The Morgan fingerprint density at radius 3 is 2.73 bits per heavy atom. The largest absolute Gasteiger partial charge is 0.341 e. The predicted molar refractivity (Wildman–Crippen MR) is 92.6 cm³/mol. The van der Waals surface area contributed by atoms with Crippen LogP contribution in [0.1, 0.15) is 36.1 Å². The van der Waals surface area contributed by atoms with Crippen LogP contribution in [-0.4, -0.2) is 39.1 Å². The van der Waals surface area contributed by atoms with Crippen molar-refractivity contribution in [1.29, 1.82) is 0 Å². The van der Waals surface area contributed by atoms with Crippen molar-refractivity contribution in [2.45, 2.75) is 37.0 Å². The molecule has 0 unspecified atom stereocenters. The first-order valence-electron chi connectivity index (χ1n) is 7.14. The summed E-state index contributed by atoms with van der Waals surface area (Å²) in [4.78, 5) is 22.8. The molecule has 6 heteroatoms. The fourth-order valence-electron chi connectivity index (χ4n) is 1.87. The van der Waals surface area contributed by atoms with Gasteiger partial charge in [0.1, 0.15) is 0 Å². The van der Waals surface area contributed by atoms with Gasteiger partial charge in [0.05, 0.1) is 10.0 Å². The summed E-state index contributed by atoms with van der Waals surface area (Å²) < 4.78 is 0.0748. The van der Waals surface area contributed by atoms with E-state index in [4.69, 9.17) is 0 Å². The van der Waals surface area contributed by atoms with Crippen LogP contribution in [0.25, 0.3) is 0 Å². The molecule has 0 bridgehead atoms. The van der Waals surface area contributed by atoms with Gasteiger partial charge in [0.25, 0.3) is 5.91 Å². The lowest BCUT2D eigenvalue weighted by Crippen LogP contribution is -2.28. The molecule has 0 saturated heterocycles. The lowest BCUT2D eigenvalue weighted by atomic mass is 10.2. The zero-order valence-electron chi connectivity index (χ0n) is 13.4. The zero-order chi connectivity index (χ0) is 16.2. The van der Waals surface area contributed by atoms with Crippen LogP contribution >= 0.6 is 23.1 Å². The Kier molecular flexibility index (Phi) is 5.58. The molecule has 0 atom stereocenters. The van der Waals surface area contributed by atoms with E-state index in [1.54, 1.807) is 46.5 Å². The van der Waals surface area contributed by atoms with Gasteiger partial charge in [-0.25, -0.2) is 9.97 Å². The first-order chi connectivity index (χ1) is 10.3. The van der Waals surface area contributed by atoms with Crippen molar-refractivity contribution in [2.24, 2.45) is 0 Å². The maximum absolute atomic E-state index is 12.5. The summed E-state index contributed by atoms with van der Waals surface area (Å²) >= 11 is 3.28.